The van der Waals surface area contributed by atoms with Crippen LogP contribution in [-0.4, -0.2) is 41.4 Å². The lowest BCUT2D eigenvalue weighted by molar-refractivity contribution is -0.138. The minimum Gasteiger partial charge on any atom is -0.335 e. The predicted molar refractivity (Wildman–Crippen MR) is 124 cm³/mol. The van der Waals surface area contributed by atoms with Gasteiger partial charge in [-0.1, -0.05) is 71.7 Å². The van der Waals surface area contributed by atoms with Crippen molar-refractivity contribution >= 4 is 5.91 Å². The molecule has 1 saturated carbocycles. The Bertz CT molecular complexity index is 607. The fraction of sp³-hybridized carbons (Fsp3) is 0.731. The molecule has 0 spiro atoms. The number of hydrogen-bond donors (Lipinski definition) is 0. The average Bonchev–Trinajstić information content (AvgIpc) is 3.23. The van der Waals surface area contributed by atoms with Crippen molar-refractivity contribution in [2.75, 3.05) is 19.6 Å². The van der Waals surface area contributed by atoms with E-state index in [2.05, 4.69) is 75.6 Å². The van der Waals surface area contributed by atoms with Crippen LogP contribution in [0.15, 0.2) is 24.3 Å². The third kappa shape index (κ3) is 7.13. The van der Waals surface area contributed by atoms with E-state index in [1.54, 1.807) is 0 Å². The summed E-state index contributed by atoms with van der Waals surface area (Å²) in [5, 5.41) is 0. The van der Waals surface area contributed by atoms with Crippen LogP contribution in [0.3, 0.4) is 0 Å². The number of carbonyl (C=O) groups excluding carboxylic acids is 1. The molecule has 0 saturated heterocycles. The molecule has 3 nitrogen and oxygen atoms in total. The molecule has 1 amide bonds. The first-order chi connectivity index (χ1) is 13.8. The summed E-state index contributed by atoms with van der Waals surface area (Å²) in [5.74, 6) is 0.631. The summed E-state index contributed by atoms with van der Waals surface area (Å²) in [6.07, 6.45) is 6.80. The lowest BCUT2D eigenvalue weighted by Gasteiger charge is -2.32. The van der Waals surface area contributed by atoms with Crippen molar-refractivity contribution in [1.82, 2.24) is 9.80 Å². The molecular formula is C26H44N2O. The highest BCUT2D eigenvalue weighted by molar-refractivity contribution is 5.79. The Morgan fingerprint density at radius 2 is 1.66 bits per heavy atom. The second-order valence-corrected chi connectivity index (χ2v) is 9.91. The normalized spacial score (nSPS) is 16.4. The van der Waals surface area contributed by atoms with Gasteiger partial charge in [0.25, 0.3) is 0 Å². The van der Waals surface area contributed by atoms with E-state index in [0.29, 0.717) is 11.9 Å². The first kappa shape index (κ1) is 23.9. The zero-order valence-electron chi connectivity index (χ0n) is 19.8. The third-order valence-corrected chi connectivity index (χ3v) is 6.68. The summed E-state index contributed by atoms with van der Waals surface area (Å²) in [5.41, 5.74) is 2.76. The van der Waals surface area contributed by atoms with E-state index in [9.17, 15) is 4.79 Å². The Balaban J connectivity index is 2.07. The second kappa shape index (κ2) is 11.2. The van der Waals surface area contributed by atoms with Crippen molar-refractivity contribution < 1.29 is 4.79 Å². The number of amides is 1. The van der Waals surface area contributed by atoms with Crippen molar-refractivity contribution in [3.8, 4) is 0 Å². The van der Waals surface area contributed by atoms with Gasteiger partial charge in [-0.25, -0.2) is 0 Å². The first-order valence-corrected chi connectivity index (χ1v) is 11.9. The number of rotatable bonds is 10. The fourth-order valence-corrected chi connectivity index (χ4v) is 4.47. The predicted octanol–water partition coefficient (Wildman–Crippen LogP) is 6.01. The van der Waals surface area contributed by atoms with Crippen LogP contribution in [0.1, 0.15) is 91.2 Å². The Hall–Kier alpha value is -1.35. The molecule has 0 aromatic heterocycles. The number of benzene rings is 1. The molecule has 0 N–H and O–H groups in total. The smallest absolute Gasteiger partial charge is 0.226 e. The van der Waals surface area contributed by atoms with Crippen LogP contribution in [0, 0.1) is 5.92 Å². The molecule has 164 valence electrons. The maximum absolute atomic E-state index is 13.3. The van der Waals surface area contributed by atoms with Crippen molar-refractivity contribution in [2.45, 2.75) is 98.1 Å². The lowest BCUT2D eigenvalue weighted by Crippen LogP contribution is -2.41. The van der Waals surface area contributed by atoms with Crippen molar-refractivity contribution in [2.24, 2.45) is 5.92 Å². The van der Waals surface area contributed by atoms with Gasteiger partial charge in [-0.15, -0.1) is 0 Å². The van der Waals surface area contributed by atoms with Crippen LogP contribution >= 0.6 is 0 Å². The minimum atomic E-state index is 0.162. The van der Waals surface area contributed by atoms with Gasteiger partial charge in [0.1, 0.15) is 0 Å². The van der Waals surface area contributed by atoms with E-state index in [-0.39, 0.29) is 11.3 Å². The van der Waals surface area contributed by atoms with E-state index in [4.69, 9.17) is 0 Å². The molecule has 1 aliphatic carbocycles. The summed E-state index contributed by atoms with van der Waals surface area (Å²) >= 11 is 0. The quantitative estimate of drug-likeness (QED) is 0.480. The summed E-state index contributed by atoms with van der Waals surface area (Å²) in [6, 6.07) is 9.20. The molecule has 1 fully saturated rings. The van der Waals surface area contributed by atoms with Gasteiger partial charge < -0.3 is 9.80 Å². The van der Waals surface area contributed by atoms with Gasteiger partial charge in [-0.3, -0.25) is 4.79 Å². The summed E-state index contributed by atoms with van der Waals surface area (Å²) in [6.45, 7) is 17.5. The molecule has 0 aliphatic heterocycles. The summed E-state index contributed by atoms with van der Waals surface area (Å²) in [7, 11) is 0. The topological polar surface area (TPSA) is 23.6 Å². The molecule has 1 aromatic carbocycles. The van der Waals surface area contributed by atoms with Crippen LogP contribution in [0.25, 0.3) is 0 Å². The van der Waals surface area contributed by atoms with Crippen LogP contribution in [0.2, 0.25) is 0 Å². The van der Waals surface area contributed by atoms with Gasteiger partial charge >= 0.3 is 0 Å². The van der Waals surface area contributed by atoms with E-state index in [1.807, 2.05) is 0 Å². The Morgan fingerprint density at radius 1 is 1.07 bits per heavy atom. The largest absolute Gasteiger partial charge is 0.335 e. The molecule has 29 heavy (non-hydrogen) atoms. The average molecular weight is 401 g/mol. The molecule has 2 rings (SSSR count). The lowest BCUT2D eigenvalue weighted by atomic mass is 9.86. The molecule has 3 heteroatoms. The highest BCUT2D eigenvalue weighted by atomic mass is 16.2. The molecular weight excluding hydrogens is 356 g/mol. The van der Waals surface area contributed by atoms with Gasteiger partial charge in [-0.2, -0.15) is 0 Å². The van der Waals surface area contributed by atoms with Crippen LogP contribution < -0.4 is 0 Å². The molecule has 1 unspecified atom stereocenters. The maximum Gasteiger partial charge on any atom is 0.226 e. The Morgan fingerprint density at radius 3 is 2.17 bits per heavy atom. The van der Waals surface area contributed by atoms with Crippen molar-refractivity contribution in [1.29, 1.82) is 0 Å². The molecule has 0 heterocycles. The van der Waals surface area contributed by atoms with E-state index < -0.39 is 0 Å². The van der Waals surface area contributed by atoms with Gasteiger partial charge in [0.05, 0.1) is 0 Å². The van der Waals surface area contributed by atoms with Gasteiger partial charge in [0.15, 0.2) is 0 Å². The highest BCUT2D eigenvalue weighted by Crippen LogP contribution is 2.29. The van der Waals surface area contributed by atoms with E-state index in [1.165, 1.54) is 24.0 Å². The standard InChI is InChI=1S/C26H44N2O/c1-7-27(8-2)19-11-12-21(3)28(25(29)23-13-9-10-14-23)20-22-15-17-24(18-16-22)26(4,5)6/h15-18,21,23H,7-14,19-20H2,1-6H3. The second-order valence-electron chi connectivity index (χ2n) is 9.91. The zero-order chi connectivity index (χ0) is 21.4. The van der Waals surface area contributed by atoms with Crippen molar-refractivity contribution in [3.05, 3.63) is 35.4 Å². The molecule has 1 atom stereocenters. The van der Waals surface area contributed by atoms with E-state index >= 15 is 0 Å². The molecule has 0 bridgehead atoms. The molecule has 1 aromatic rings. The number of carbonyl (C=O) groups is 1. The van der Waals surface area contributed by atoms with E-state index in [0.717, 1.165) is 51.9 Å². The number of nitrogens with zero attached hydrogens (tertiary/aromatic N) is 2. The van der Waals surface area contributed by atoms with Crippen LogP contribution in [-0.2, 0) is 16.8 Å². The van der Waals surface area contributed by atoms with Gasteiger partial charge in [0, 0.05) is 18.5 Å². The zero-order valence-corrected chi connectivity index (χ0v) is 19.8. The monoisotopic (exact) mass is 400 g/mol. The summed E-state index contributed by atoms with van der Waals surface area (Å²) in [4.78, 5) is 18.0. The van der Waals surface area contributed by atoms with Gasteiger partial charge in [-0.05, 0) is 68.8 Å². The molecule has 0 radical (unpaired) electrons. The number of hydrogen-bond acceptors (Lipinski definition) is 2. The fourth-order valence-electron chi connectivity index (χ4n) is 4.47. The van der Waals surface area contributed by atoms with Crippen LogP contribution in [0.4, 0.5) is 0 Å². The third-order valence-electron chi connectivity index (χ3n) is 6.68. The maximum atomic E-state index is 13.3. The van der Waals surface area contributed by atoms with Gasteiger partial charge in [0.2, 0.25) is 5.91 Å². The first-order valence-electron chi connectivity index (χ1n) is 11.9. The molecule has 1 aliphatic rings. The minimum absolute atomic E-state index is 0.162. The van der Waals surface area contributed by atoms with Crippen molar-refractivity contribution in [3.63, 3.8) is 0 Å². The Kier molecular flexibility index (Phi) is 9.20. The highest BCUT2D eigenvalue weighted by Gasteiger charge is 2.30. The Labute approximate surface area is 179 Å². The SMILES string of the molecule is CCN(CC)CCCC(C)N(Cc1ccc(C(C)(C)C)cc1)C(=O)C1CCCC1. The summed E-state index contributed by atoms with van der Waals surface area (Å²) < 4.78 is 0. The van der Waals surface area contributed by atoms with Crippen LogP contribution in [0.5, 0.6) is 0 Å².